The van der Waals surface area contributed by atoms with Crippen LogP contribution < -0.4 is 5.73 Å². The highest BCUT2D eigenvalue weighted by Crippen LogP contribution is 2.16. The van der Waals surface area contributed by atoms with Crippen molar-refractivity contribution in [3.8, 4) is 0 Å². The highest BCUT2D eigenvalue weighted by Gasteiger charge is 2.02. The standard InChI is InChI=1S/C7H9NS2/c1-2-5-3-4-10-6(5)7(8)9/h3-4H,2H2,1H3,(H2,8,9). The summed E-state index contributed by atoms with van der Waals surface area (Å²) >= 11 is 6.47. The largest absolute Gasteiger partial charge is 0.389 e. The van der Waals surface area contributed by atoms with Gasteiger partial charge in [-0.05, 0) is 23.4 Å². The molecule has 1 nitrogen and oxygen atoms in total. The normalized spacial score (nSPS) is 9.70. The second-order valence-electron chi connectivity index (χ2n) is 1.99. The Bertz CT molecular complexity index is 240. The van der Waals surface area contributed by atoms with Crippen molar-refractivity contribution in [2.45, 2.75) is 13.3 Å². The quantitative estimate of drug-likeness (QED) is 0.688. The van der Waals surface area contributed by atoms with Crippen LogP contribution >= 0.6 is 23.6 Å². The van der Waals surface area contributed by atoms with Gasteiger partial charge < -0.3 is 5.73 Å². The fourth-order valence-corrected chi connectivity index (χ4v) is 1.95. The number of nitrogens with two attached hydrogens (primary N) is 1. The third kappa shape index (κ3) is 1.36. The summed E-state index contributed by atoms with van der Waals surface area (Å²) in [6, 6.07) is 2.07. The van der Waals surface area contributed by atoms with Gasteiger partial charge >= 0.3 is 0 Å². The maximum absolute atomic E-state index is 5.48. The van der Waals surface area contributed by atoms with E-state index in [1.165, 1.54) is 5.56 Å². The van der Waals surface area contributed by atoms with E-state index >= 15 is 0 Å². The van der Waals surface area contributed by atoms with Gasteiger partial charge in [-0.1, -0.05) is 19.1 Å². The Kier molecular flexibility index (Phi) is 2.40. The van der Waals surface area contributed by atoms with Gasteiger partial charge in [-0.15, -0.1) is 11.3 Å². The van der Waals surface area contributed by atoms with Crippen LogP contribution in [-0.2, 0) is 6.42 Å². The first-order valence-corrected chi connectivity index (χ1v) is 4.40. The molecule has 1 aromatic heterocycles. The van der Waals surface area contributed by atoms with E-state index in [9.17, 15) is 0 Å². The van der Waals surface area contributed by atoms with Crippen LogP contribution in [0.4, 0.5) is 0 Å². The molecule has 0 unspecified atom stereocenters. The lowest BCUT2D eigenvalue weighted by Crippen LogP contribution is -2.08. The molecule has 0 saturated heterocycles. The fraction of sp³-hybridized carbons (Fsp3) is 0.286. The topological polar surface area (TPSA) is 26.0 Å². The molecule has 0 radical (unpaired) electrons. The lowest BCUT2D eigenvalue weighted by Gasteiger charge is -1.95. The summed E-state index contributed by atoms with van der Waals surface area (Å²) in [7, 11) is 0. The molecule has 0 fully saturated rings. The van der Waals surface area contributed by atoms with Gasteiger partial charge in [0.25, 0.3) is 0 Å². The zero-order valence-electron chi connectivity index (χ0n) is 5.76. The maximum Gasteiger partial charge on any atom is 0.114 e. The predicted octanol–water partition coefficient (Wildman–Crippen LogP) is 1.94. The van der Waals surface area contributed by atoms with Crippen LogP contribution in [0.25, 0.3) is 0 Å². The smallest absolute Gasteiger partial charge is 0.114 e. The second kappa shape index (κ2) is 3.12. The Morgan fingerprint density at radius 2 is 2.50 bits per heavy atom. The first kappa shape index (κ1) is 7.69. The molecule has 1 rings (SSSR count). The first-order chi connectivity index (χ1) is 4.75. The second-order valence-corrected chi connectivity index (χ2v) is 3.35. The molecule has 0 spiro atoms. The number of hydrogen-bond donors (Lipinski definition) is 1. The molecule has 0 aliphatic rings. The molecule has 10 heavy (non-hydrogen) atoms. The van der Waals surface area contributed by atoms with Crippen molar-refractivity contribution < 1.29 is 0 Å². The Morgan fingerprint density at radius 3 is 2.90 bits per heavy atom. The number of aryl methyl sites for hydroxylation is 1. The van der Waals surface area contributed by atoms with E-state index in [-0.39, 0.29) is 0 Å². The zero-order chi connectivity index (χ0) is 7.56. The Labute approximate surface area is 69.9 Å². The summed E-state index contributed by atoms with van der Waals surface area (Å²) < 4.78 is 0. The highest BCUT2D eigenvalue weighted by atomic mass is 32.1. The van der Waals surface area contributed by atoms with Crippen LogP contribution in [0.1, 0.15) is 17.4 Å². The molecule has 0 amide bonds. The number of rotatable bonds is 2. The predicted molar refractivity (Wildman–Crippen MR) is 49.6 cm³/mol. The third-order valence-electron chi connectivity index (χ3n) is 1.35. The van der Waals surface area contributed by atoms with Crippen LogP contribution in [0, 0.1) is 0 Å². The van der Waals surface area contributed by atoms with Gasteiger partial charge in [0.2, 0.25) is 0 Å². The Balaban J connectivity index is 3.01. The average molecular weight is 171 g/mol. The van der Waals surface area contributed by atoms with Gasteiger partial charge in [0, 0.05) is 0 Å². The van der Waals surface area contributed by atoms with Crippen molar-refractivity contribution in [1.29, 1.82) is 0 Å². The number of thiocarbonyl (C=S) groups is 1. The highest BCUT2D eigenvalue weighted by molar-refractivity contribution is 7.81. The molecule has 0 aliphatic carbocycles. The summed E-state index contributed by atoms with van der Waals surface area (Å²) in [6.07, 6.45) is 1.01. The fourth-order valence-electron chi connectivity index (χ4n) is 0.830. The van der Waals surface area contributed by atoms with Crippen LogP contribution in [0.3, 0.4) is 0 Å². The van der Waals surface area contributed by atoms with E-state index in [0.29, 0.717) is 4.99 Å². The lowest BCUT2D eigenvalue weighted by atomic mass is 10.2. The molecule has 1 aromatic rings. The molecule has 0 atom stereocenters. The summed E-state index contributed by atoms with van der Waals surface area (Å²) in [5.41, 5.74) is 6.74. The monoisotopic (exact) mass is 171 g/mol. The molecule has 0 saturated carbocycles. The maximum atomic E-state index is 5.48. The summed E-state index contributed by atoms with van der Waals surface area (Å²) in [5, 5.41) is 2.02. The number of hydrogen-bond acceptors (Lipinski definition) is 2. The van der Waals surface area contributed by atoms with E-state index in [1.54, 1.807) is 11.3 Å². The minimum Gasteiger partial charge on any atom is -0.389 e. The average Bonchev–Trinajstić information content (AvgIpc) is 2.33. The van der Waals surface area contributed by atoms with E-state index < -0.39 is 0 Å². The molecule has 0 bridgehead atoms. The molecular formula is C7H9NS2. The minimum atomic E-state index is 0.520. The van der Waals surface area contributed by atoms with Gasteiger partial charge in [0.1, 0.15) is 4.99 Å². The van der Waals surface area contributed by atoms with Crippen molar-refractivity contribution in [2.75, 3.05) is 0 Å². The van der Waals surface area contributed by atoms with E-state index in [4.69, 9.17) is 18.0 Å². The summed E-state index contributed by atoms with van der Waals surface area (Å²) in [6.45, 7) is 2.10. The Hall–Kier alpha value is -0.410. The van der Waals surface area contributed by atoms with Gasteiger partial charge in [-0.3, -0.25) is 0 Å². The van der Waals surface area contributed by atoms with E-state index in [2.05, 4.69) is 13.0 Å². The van der Waals surface area contributed by atoms with Crippen LogP contribution in [0.5, 0.6) is 0 Å². The van der Waals surface area contributed by atoms with Crippen molar-refractivity contribution in [1.82, 2.24) is 0 Å². The van der Waals surface area contributed by atoms with Gasteiger partial charge in [0.05, 0.1) is 4.88 Å². The van der Waals surface area contributed by atoms with Gasteiger partial charge in [-0.25, -0.2) is 0 Å². The lowest BCUT2D eigenvalue weighted by molar-refractivity contribution is 1.15. The summed E-state index contributed by atoms with van der Waals surface area (Å²) in [5.74, 6) is 0. The van der Waals surface area contributed by atoms with Gasteiger partial charge in [-0.2, -0.15) is 0 Å². The molecule has 54 valence electrons. The minimum absolute atomic E-state index is 0.520. The first-order valence-electron chi connectivity index (χ1n) is 3.12. The van der Waals surface area contributed by atoms with Crippen LogP contribution in [0.15, 0.2) is 11.4 Å². The molecule has 0 aromatic carbocycles. The molecule has 0 aliphatic heterocycles. The molecule has 3 heteroatoms. The van der Waals surface area contributed by atoms with Gasteiger partial charge in [0.15, 0.2) is 0 Å². The molecule has 2 N–H and O–H groups in total. The van der Waals surface area contributed by atoms with Crippen LogP contribution in [-0.4, -0.2) is 4.99 Å². The zero-order valence-corrected chi connectivity index (χ0v) is 7.39. The van der Waals surface area contributed by atoms with E-state index in [1.807, 2.05) is 5.38 Å². The molecular weight excluding hydrogens is 162 g/mol. The van der Waals surface area contributed by atoms with Crippen LogP contribution in [0.2, 0.25) is 0 Å². The Morgan fingerprint density at radius 1 is 1.80 bits per heavy atom. The van der Waals surface area contributed by atoms with Crippen molar-refractivity contribution >= 4 is 28.5 Å². The van der Waals surface area contributed by atoms with Crippen molar-refractivity contribution in [2.24, 2.45) is 5.73 Å². The van der Waals surface area contributed by atoms with Crippen molar-refractivity contribution in [3.63, 3.8) is 0 Å². The summed E-state index contributed by atoms with van der Waals surface area (Å²) in [4.78, 5) is 1.59. The van der Waals surface area contributed by atoms with E-state index in [0.717, 1.165) is 11.3 Å². The molecule has 1 heterocycles. The SMILES string of the molecule is CCc1ccsc1C(N)=S. The third-order valence-corrected chi connectivity index (χ3v) is 2.67. The van der Waals surface area contributed by atoms with Crippen molar-refractivity contribution in [3.05, 3.63) is 21.9 Å². The number of thiophene rings is 1.